The number of hydrogen-bond acceptors (Lipinski definition) is 3. The quantitative estimate of drug-likeness (QED) is 0.902. The first kappa shape index (κ1) is 14.5. The molecule has 0 bridgehead atoms. The SMILES string of the molecule is CCCn1cc(S(=O)(=O)NC2CCCCC2)nc1C. The van der Waals surface area contributed by atoms with E-state index in [2.05, 4.69) is 16.6 Å². The fourth-order valence-corrected chi connectivity index (χ4v) is 3.89. The van der Waals surface area contributed by atoms with Crippen molar-refractivity contribution in [2.45, 2.75) is 70.0 Å². The number of sulfonamides is 1. The summed E-state index contributed by atoms with van der Waals surface area (Å²) in [6, 6.07) is 0.0791. The fourth-order valence-electron chi connectivity index (χ4n) is 2.58. The molecule has 1 aromatic heterocycles. The largest absolute Gasteiger partial charge is 0.334 e. The zero-order valence-corrected chi connectivity index (χ0v) is 12.5. The summed E-state index contributed by atoms with van der Waals surface area (Å²) >= 11 is 0. The second-order valence-electron chi connectivity index (χ2n) is 5.28. The number of nitrogens with zero attached hydrogens (tertiary/aromatic N) is 2. The summed E-state index contributed by atoms with van der Waals surface area (Å²) in [6.45, 7) is 4.71. The highest BCUT2D eigenvalue weighted by Crippen LogP contribution is 2.19. The lowest BCUT2D eigenvalue weighted by Gasteiger charge is -2.21. The van der Waals surface area contributed by atoms with Crippen molar-refractivity contribution in [3.63, 3.8) is 0 Å². The molecule has 0 radical (unpaired) electrons. The minimum absolute atomic E-state index is 0.0791. The molecule has 1 saturated carbocycles. The molecule has 2 rings (SSSR count). The van der Waals surface area contributed by atoms with Crippen molar-refractivity contribution in [2.75, 3.05) is 0 Å². The van der Waals surface area contributed by atoms with Gasteiger partial charge in [0.1, 0.15) is 5.82 Å². The van der Waals surface area contributed by atoms with Crippen molar-refractivity contribution in [1.82, 2.24) is 14.3 Å². The summed E-state index contributed by atoms with van der Waals surface area (Å²) in [5.74, 6) is 0.755. The molecule has 1 N–H and O–H groups in total. The third-order valence-corrected chi connectivity index (χ3v) is 5.01. The molecule has 1 heterocycles. The maximum absolute atomic E-state index is 12.3. The normalized spacial score (nSPS) is 17.8. The highest BCUT2D eigenvalue weighted by Gasteiger charge is 2.24. The Hall–Kier alpha value is -0.880. The summed E-state index contributed by atoms with van der Waals surface area (Å²) in [6.07, 6.45) is 7.91. The number of imidazole rings is 1. The molecule has 5 nitrogen and oxygen atoms in total. The van der Waals surface area contributed by atoms with Crippen LogP contribution in [0.1, 0.15) is 51.3 Å². The van der Waals surface area contributed by atoms with E-state index in [9.17, 15) is 8.42 Å². The molecule has 0 aromatic carbocycles. The maximum Gasteiger partial charge on any atom is 0.259 e. The molecule has 1 aliphatic rings. The second kappa shape index (κ2) is 6.05. The number of rotatable bonds is 5. The smallest absolute Gasteiger partial charge is 0.259 e. The lowest BCUT2D eigenvalue weighted by molar-refractivity contribution is 0.411. The average molecular weight is 285 g/mol. The van der Waals surface area contributed by atoms with Gasteiger partial charge in [0.05, 0.1) is 0 Å². The number of nitrogens with one attached hydrogen (secondary N) is 1. The van der Waals surface area contributed by atoms with Gasteiger partial charge in [0.25, 0.3) is 10.0 Å². The number of aromatic nitrogens is 2. The molecule has 0 aliphatic heterocycles. The van der Waals surface area contributed by atoms with Gasteiger partial charge in [0.2, 0.25) is 0 Å². The van der Waals surface area contributed by atoms with Gasteiger partial charge in [-0.2, -0.15) is 0 Å². The zero-order chi connectivity index (χ0) is 13.9. The minimum atomic E-state index is -3.46. The predicted molar refractivity (Wildman–Crippen MR) is 74.4 cm³/mol. The molecule has 1 fully saturated rings. The Kier molecular flexibility index (Phi) is 4.62. The zero-order valence-electron chi connectivity index (χ0n) is 11.7. The summed E-state index contributed by atoms with van der Waals surface area (Å²) in [4.78, 5) is 4.18. The van der Waals surface area contributed by atoms with Gasteiger partial charge in [-0.1, -0.05) is 26.2 Å². The van der Waals surface area contributed by atoms with Gasteiger partial charge in [-0.25, -0.2) is 18.1 Å². The Morgan fingerprint density at radius 3 is 2.68 bits per heavy atom. The van der Waals surface area contributed by atoms with Crippen LogP contribution >= 0.6 is 0 Å². The van der Waals surface area contributed by atoms with Crippen LogP contribution in [0.2, 0.25) is 0 Å². The van der Waals surface area contributed by atoms with Crippen LogP contribution in [-0.2, 0) is 16.6 Å². The van der Waals surface area contributed by atoms with Crippen LogP contribution in [0.25, 0.3) is 0 Å². The van der Waals surface area contributed by atoms with E-state index in [0.29, 0.717) is 0 Å². The van der Waals surface area contributed by atoms with E-state index in [-0.39, 0.29) is 11.1 Å². The van der Waals surface area contributed by atoms with Crippen LogP contribution in [0.4, 0.5) is 0 Å². The lowest BCUT2D eigenvalue weighted by atomic mass is 9.96. The molecular weight excluding hydrogens is 262 g/mol. The molecule has 19 heavy (non-hydrogen) atoms. The molecule has 0 spiro atoms. The number of hydrogen-bond donors (Lipinski definition) is 1. The van der Waals surface area contributed by atoms with E-state index in [1.165, 1.54) is 6.42 Å². The maximum atomic E-state index is 12.3. The van der Waals surface area contributed by atoms with E-state index >= 15 is 0 Å². The van der Waals surface area contributed by atoms with Crippen LogP contribution in [0.15, 0.2) is 11.2 Å². The first-order valence-electron chi connectivity index (χ1n) is 7.09. The summed E-state index contributed by atoms with van der Waals surface area (Å²) in [5.41, 5.74) is 0. The van der Waals surface area contributed by atoms with Crippen molar-refractivity contribution in [3.8, 4) is 0 Å². The molecule has 0 saturated heterocycles. The van der Waals surface area contributed by atoms with Gasteiger partial charge < -0.3 is 4.57 Å². The average Bonchev–Trinajstić information content (AvgIpc) is 2.73. The lowest BCUT2D eigenvalue weighted by Crippen LogP contribution is -2.36. The molecule has 6 heteroatoms. The van der Waals surface area contributed by atoms with E-state index in [1.807, 2.05) is 11.5 Å². The first-order chi connectivity index (χ1) is 9.03. The van der Waals surface area contributed by atoms with E-state index in [0.717, 1.165) is 44.5 Å². The van der Waals surface area contributed by atoms with Crippen molar-refractivity contribution >= 4 is 10.0 Å². The van der Waals surface area contributed by atoms with Crippen LogP contribution in [0, 0.1) is 6.92 Å². The molecule has 0 unspecified atom stereocenters. The molecule has 108 valence electrons. The van der Waals surface area contributed by atoms with Crippen LogP contribution in [0.3, 0.4) is 0 Å². The Balaban J connectivity index is 2.12. The molecule has 0 atom stereocenters. The second-order valence-corrected chi connectivity index (χ2v) is 6.94. The highest BCUT2D eigenvalue weighted by molar-refractivity contribution is 7.89. The standard InChI is InChI=1S/C13H23N3O2S/c1-3-9-16-10-13(14-11(16)2)19(17,18)15-12-7-5-4-6-8-12/h10,12,15H,3-9H2,1-2H3. The Bertz CT molecular complexity index is 516. The summed E-state index contributed by atoms with van der Waals surface area (Å²) < 4.78 is 29.3. The predicted octanol–water partition coefficient (Wildman–Crippen LogP) is 2.21. The third-order valence-electron chi connectivity index (χ3n) is 3.62. The van der Waals surface area contributed by atoms with Gasteiger partial charge in [0, 0.05) is 18.8 Å². The van der Waals surface area contributed by atoms with Gasteiger partial charge in [0.15, 0.2) is 5.03 Å². The summed E-state index contributed by atoms with van der Waals surface area (Å²) in [7, 11) is -3.46. The van der Waals surface area contributed by atoms with Crippen molar-refractivity contribution in [2.24, 2.45) is 0 Å². The highest BCUT2D eigenvalue weighted by atomic mass is 32.2. The molecular formula is C13H23N3O2S. The third kappa shape index (κ3) is 3.57. The minimum Gasteiger partial charge on any atom is -0.334 e. The van der Waals surface area contributed by atoms with Crippen LogP contribution in [0.5, 0.6) is 0 Å². The van der Waals surface area contributed by atoms with Crippen LogP contribution < -0.4 is 4.72 Å². The Morgan fingerprint density at radius 1 is 1.37 bits per heavy atom. The monoisotopic (exact) mass is 285 g/mol. The van der Waals surface area contributed by atoms with Gasteiger partial charge in [-0.05, 0) is 26.2 Å². The topological polar surface area (TPSA) is 64.0 Å². The fraction of sp³-hybridized carbons (Fsp3) is 0.769. The van der Waals surface area contributed by atoms with Gasteiger partial charge >= 0.3 is 0 Å². The number of aryl methyl sites for hydroxylation is 2. The Morgan fingerprint density at radius 2 is 2.05 bits per heavy atom. The van der Waals surface area contributed by atoms with Gasteiger partial charge in [-0.3, -0.25) is 0 Å². The van der Waals surface area contributed by atoms with E-state index in [4.69, 9.17) is 0 Å². The van der Waals surface area contributed by atoms with Crippen LogP contribution in [-0.4, -0.2) is 24.0 Å². The van der Waals surface area contributed by atoms with E-state index in [1.54, 1.807) is 6.20 Å². The van der Waals surface area contributed by atoms with Gasteiger partial charge in [-0.15, -0.1) is 0 Å². The molecule has 1 aromatic rings. The van der Waals surface area contributed by atoms with Crippen molar-refractivity contribution < 1.29 is 8.42 Å². The molecule has 0 amide bonds. The van der Waals surface area contributed by atoms with Crippen molar-refractivity contribution in [1.29, 1.82) is 0 Å². The van der Waals surface area contributed by atoms with Crippen molar-refractivity contribution in [3.05, 3.63) is 12.0 Å². The summed E-state index contributed by atoms with van der Waals surface area (Å²) in [5, 5.41) is 0.157. The Labute approximate surface area is 115 Å². The van der Waals surface area contributed by atoms with E-state index < -0.39 is 10.0 Å². The first-order valence-corrected chi connectivity index (χ1v) is 8.57. The molecule has 1 aliphatic carbocycles.